The van der Waals surface area contributed by atoms with E-state index in [2.05, 4.69) is 35.1 Å². The molecule has 1 fully saturated rings. The third-order valence-corrected chi connectivity index (χ3v) is 9.55. The maximum Gasteiger partial charge on any atom is 0.317 e. The second-order valence-corrected chi connectivity index (χ2v) is 11.7. The Labute approximate surface area is 220 Å². The summed E-state index contributed by atoms with van der Waals surface area (Å²) >= 11 is 1.55. The highest BCUT2D eigenvalue weighted by Gasteiger charge is 2.48. The Balaban J connectivity index is 1.32. The first-order chi connectivity index (χ1) is 17.9. The molecular formula is C27H32N6O3S. The summed E-state index contributed by atoms with van der Waals surface area (Å²) in [5.74, 6) is 0.667. The molecule has 3 aromatic rings. The zero-order chi connectivity index (χ0) is 25.7. The molecule has 0 aromatic carbocycles. The molecule has 37 heavy (non-hydrogen) atoms. The lowest BCUT2D eigenvalue weighted by molar-refractivity contribution is 0.106. The van der Waals surface area contributed by atoms with Crippen LogP contribution in [0.25, 0.3) is 11.5 Å². The third kappa shape index (κ3) is 3.92. The van der Waals surface area contributed by atoms with Gasteiger partial charge in [0.05, 0.1) is 17.4 Å². The van der Waals surface area contributed by atoms with Crippen LogP contribution < -0.4 is 10.5 Å². The molecule has 4 heterocycles. The van der Waals surface area contributed by atoms with E-state index < -0.39 is 0 Å². The molecule has 9 nitrogen and oxygen atoms in total. The Hall–Kier alpha value is -3.00. The highest BCUT2D eigenvalue weighted by molar-refractivity contribution is 7.16. The van der Waals surface area contributed by atoms with Gasteiger partial charge in [0.15, 0.2) is 5.76 Å². The molecule has 1 saturated heterocycles. The van der Waals surface area contributed by atoms with E-state index in [0.717, 1.165) is 68.3 Å². The van der Waals surface area contributed by atoms with E-state index in [1.807, 2.05) is 6.07 Å². The standard InChI is InChI=1S/C27H32N6O3S/c1-15(20-12-16(34-3)14-33(20)2)35-26-30-11-8-19(31-26)23-17-6-4-9-27(24(17)32-36-23)10-5-7-21-22(27)18(13-28)25(29)37-21/h8,11,15-16,20H,4-7,9-10,12,14,29H2,1-3H3/t15-,16+,20-,27-/m0/s1. The van der Waals surface area contributed by atoms with Crippen LogP contribution in [0, 0.1) is 11.3 Å². The number of hydrogen-bond donors (Lipinski definition) is 1. The molecular weight excluding hydrogens is 488 g/mol. The van der Waals surface area contributed by atoms with Gasteiger partial charge in [-0.2, -0.15) is 10.2 Å². The Morgan fingerprint density at radius 1 is 1.32 bits per heavy atom. The number of likely N-dealkylation sites (N-methyl/N-ethyl adjacent to an activating group) is 1. The number of likely N-dealkylation sites (tertiary alicyclic amines) is 1. The molecule has 2 aliphatic carbocycles. The van der Waals surface area contributed by atoms with Gasteiger partial charge in [0.25, 0.3) is 0 Å². The number of nitriles is 1. The first-order valence-corrected chi connectivity index (χ1v) is 13.8. The molecule has 10 heteroatoms. The summed E-state index contributed by atoms with van der Waals surface area (Å²) in [6.07, 6.45) is 8.46. The van der Waals surface area contributed by atoms with Crippen LogP contribution >= 0.6 is 11.3 Å². The van der Waals surface area contributed by atoms with Gasteiger partial charge in [0.1, 0.15) is 22.9 Å². The number of ether oxygens (including phenoxy) is 2. The lowest BCUT2D eigenvalue weighted by Crippen LogP contribution is -2.38. The molecule has 3 aliphatic rings. The number of aromatic nitrogens is 3. The highest BCUT2D eigenvalue weighted by atomic mass is 32.1. The Bertz CT molecular complexity index is 1360. The van der Waals surface area contributed by atoms with Crippen LogP contribution in [-0.4, -0.2) is 59.0 Å². The van der Waals surface area contributed by atoms with Gasteiger partial charge in [-0.05, 0) is 70.5 Å². The van der Waals surface area contributed by atoms with Crippen molar-refractivity contribution in [3.05, 3.63) is 39.5 Å². The molecule has 0 bridgehead atoms. The maximum atomic E-state index is 9.93. The highest BCUT2D eigenvalue weighted by Crippen LogP contribution is 2.54. The van der Waals surface area contributed by atoms with Gasteiger partial charge in [-0.25, -0.2) is 4.98 Å². The number of anilines is 1. The average molecular weight is 521 g/mol. The minimum atomic E-state index is -0.325. The van der Waals surface area contributed by atoms with Crippen molar-refractivity contribution in [2.75, 3.05) is 26.4 Å². The Morgan fingerprint density at radius 2 is 2.14 bits per heavy atom. The van der Waals surface area contributed by atoms with Crippen LogP contribution in [0.3, 0.4) is 0 Å². The van der Waals surface area contributed by atoms with Crippen LogP contribution in [0.15, 0.2) is 16.8 Å². The quantitative estimate of drug-likeness (QED) is 0.530. The largest absolute Gasteiger partial charge is 0.459 e. The van der Waals surface area contributed by atoms with E-state index in [1.165, 1.54) is 4.88 Å². The zero-order valence-corrected chi connectivity index (χ0v) is 22.3. The van der Waals surface area contributed by atoms with Gasteiger partial charge in [0.2, 0.25) is 0 Å². The van der Waals surface area contributed by atoms with Crippen molar-refractivity contribution in [3.63, 3.8) is 0 Å². The average Bonchev–Trinajstić information content (AvgIpc) is 3.59. The van der Waals surface area contributed by atoms with Crippen LogP contribution in [0.1, 0.15) is 66.3 Å². The van der Waals surface area contributed by atoms with Gasteiger partial charge >= 0.3 is 6.01 Å². The first kappa shape index (κ1) is 24.3. The summed E-state index contributed by atoms with van der Waals surface area (Å²) in [4.78, 5) is 12.6. The number of aryl methyl sites for hydroxylation is 1. The Morgan fingerprint density at radius 3 is 2.89 bits per heavy atom. The van der Waals surface area contributed by atoms with Crippen LogP contribution in [-0.2, 0) is 23.0 Å². The number of nitrogen functional groups attached to an aromatic ring is 1. The molecule has 3 aromatic heterocycles. The van der Waals surface area contributed by atoms with Crippen LogP contribution in [0.2, 0.25) is 0 Å². The topological polar surface area (TPSA) is 123 Å². The van der Waals surface area contributed by atoms with Crippen LogP contribution in [0.4, 0.5) is 5.00 Å². The maximum absolute atomic E-state index is 9.93. The fourth-order valence-electron chi connectivity index (χ4n) is 6.73. The third-order valence-electron chi connectivity index (χ3n) is 8.47. The first-order valence-electron chi connectivity index (χ1n) is 13.0. The van der Waals surface area contributed by atoms with Gasteiger partial charge in [-0.15, -0.1) is 11.3 Å². The van der Waals surface area contributed by atoms with Crippen molar-refractivity contribution >= 4 is 16.3 Å². The van der Waals surface area contributed by atoms with Gasteiger partial charge < -0.3 is 19.7 Å². The molecule has 1 aliphatic heterocycles. The van der Waals surface area contributed by atoms with Gasteiger partial charge in [0, 0.05) is 41.7 Å². The van der Waals surface area contributed by atoms with Gasteiger partial charge in [-0.3, -0.25) is 4.90 Å². The van der Waals surface area contributed by atoms with E-state index in [0.29, 0.717) is 28.0 Å². The SMILES string of the molecule is CO[C@@H]1C[C@@H]([C@H](C)Oc2nccc(-c3onc4c3CCC[C@@]43CCCc4sc(N)c(C#N)c43)n2)N(C)C1. The molecule has 4 atom stereocenters. The molecule has 0 saturated carbocycles. The van der Waals surface area contributed by atoms with Crippen molar-refractivity contribution < 1.29 is 14.0 Å². The number of thiophene rings is 1. The molecule has 2 N–H and O–H groups in total. The Kier molecular flexibility index (Phi) is 6.18. The predicted octanol–water partition coefficient (Wildman–Crippen LogP) is 4.09. The van der Waals surface area contributed by atoms with E-state index in [-0.39, 0.29) is 23.7 Å². The molecule has 0 amide bonds. The summed E-state index contributed by atoms with van der Waals surface area (Å²) in [5, 5.41) is 15.2. The van der Waals surface area contributed by atoms with E-state index in [9.17, 15) is 5.26 Å². The zero-order valence-electron chi connectivity index (χ0n) is 21.5. The minimum absolute atomic E-state index is 0.0959. The lowest BCUT2D eigenvalue weighted by Gasteiger charge is -2.39. The monoisotopic (exact) mass is 520 g/mol. The summed E-state index contributed by atoms with van der Waals surface area (Å²) in [5.41, 5.74) is 10.3. The minimum Gasteiger partial charge on any atom is -0.459 e. The van der Waals surface area contributed by atoms with Crippen molar-refractivity contribution in [2.45, 2.75) is 75.5 Å². The fraction of sp³-hybridized carbons (Fsp3) is 0.556. The number of methoxy groups -OCH3 is 1. The number of nitrogens with two attached hydrogens (primary N) is 1. The van der Waals surface area contributed by atoms with Gasteiger partial charge in [-0.1, -0.05) is 5.16 Å². The van der Waals surface area contributed by atoms with E-state index in [1.54, 1.807) is 24.6 Å². The number of fused-ring (bicyclic) bond motifs is 4. The summed E-state index contributed by atoms with van der Waals surface area (Å²) < 4.78 is 17.8. The van der Waals surface area contributed by atoms with Crippen molar-refractivity contribution in [1.29, 1.82) is 5.26 Å². The number of rotatable bonds is 5. The van der Waals surface area contributed by atoms with E-state index >= 15 is 0 Å². The lowest BCUT2D eigenvalue weighted by atomic mass is 9.62. The molecule has 1 spiro atoms. The predicted molar refractivity (Wildman–Crippen MR) is 140 cm³/mol. The van der Waals surface area contributed by atoms with Crippen molar-refractivity contribution in [2.24, 2.45) is 0 Å². The second-order valence-electron chi connectivity index (χ2n) is 10.5. The van der Waals surface area contributed by atoms with Crippen molar-refractivity contribution in [1.82, 2.24) is 20.0 Å². The van der Waals surface area contributed by atoms with Crippen molar-refractivity contribution in [3.8, 4) is 23.5 Å². The van der Waals surface area contributed by atoms with E-state index in [4.69, 9.17) is 24.7 Å². The smallest absolute Gasteiger partial charge is 0.317 e. The normalized spacial score (nSPS) is 26.0. The summed E-state index contributed by atoms with van der Waals surface area (Å²) in [7, 11) is 3.84. The fourth-order valence-corrected chi connectivity index (χ4v) is 7.89. The summed E-state index contributed by atoms with van der Waals surface area (Å²) in [6.45, 7) is 2.93. The van der Waals surface area contributed by atoms with Crippen LogP contribution in [0.5, 0.6) is 6.01 Å². The second kappa shape index (κ2) is 9.39. The molecule has 194 valence electrons. The molecule has 0 radical (unpaired) electrons. The molecule has 0 unspecified atom stereocenters. The molecule has 6 rings (SSSR count). The summed E-state index contributed by atoms with van der Waals surface area (Å²) in [6, 6.07) is 4.78. The number of nitrogens with zero attached hydrogens (tertiary/aromatic N) is 5. The number of hydrogen-bond acceptors (Lipinski definition) is 10.